The molecule has 2 N–H and O–H groups in total. The lowest BCUT2D eigenvalue weighted by Gasteiger charge is -2.16. The van der Waals surface area contributed by atoms with Gasteiger partial charge >= 0.3 is 20.8 Å². The van der Waals surface area contributed by atoms with Crippen LogP contribution in [0.3, 0.4) is 0 Å². The van der Waals surface area contributed by atoms with Gasteiger partial charge in [-0.05, 0) is 72.8 Å². The fraction of sp³-hybridized carbons (Fsp3) is 0.125. The Labute approximate surface area is 281 Å². The lowest BCUT2D eigenvalue weighted by Crippen LogP contribution is -2.11. The maximum Gasteiger partial charge on any atom is 0.424 e. The van der Waals surface area contributed by atoms with Gasteiger partial charge in [-0.1, -0.05) is 20.5 Å². The predicted octanol–water partition coefficient (Wildman–Crippen LogP) is 5.29. The first-order chi connectivity index (χ1) is 23.4. The minimum atomic E-state index is -4.82. The highest BCUT2D eigenvalue weighted by Crippen LogP contribution is 2.39. The summed E-state index contributed by atoms with van der Waals surface area (Å²) in [4.78, 5) is 8.85. The van der Waals surface area contributed by atoms with Crippen LogP contribution in [0.2, 0.25) is 0 Å². The van der Waals surface area contributed by atoms with Gasteiger partial charge in [-0.25, -0.2) is 9.78 Å². The third kappa shape index (κ3) is 12.7. The highest BCUT2D eigenvalue weighted by atomic mass is 32.3. The summed E-state index contributed by atoms with van der Waals surface area (Å²) in [6, 6.07) is 22.6. The third-order valence-corrected chi connectivity index (χ3v) is 6.22. The molecular formula is C32H26O15S2. The summed E-state index contributed by atoms with van der Waals surface area (Å²) >= 11 is 0. The van der Waals surface area contributed by atoms with Crippen molar-refractivity contribution in [3.8, 4) is 70.7 Å². The summed E-state index contributed by atoms with van der Waals surface area (Å²) in [6.45, 7) is -1.26. The van der Waals surface area contributed by atoms with Gasteiger partial charge in [0.25, 0.3) is 0 Å². The zero-order valence-electron chi connectivity index (χ0n) is 25.1. The van der Waals surface area contributed by atoms with Crippen molar-refractivity contribution in [2.24, 2.45) is 0 Å². The normalized spacial score (nSPS) is 11.2. The van der Waals surface area contributed by atoms with Crippen LogP contribution in [-0.4, -0.2) is 52.4 Å². The van der Waals surface area contributed by atoms with Crippen molar-refractivity contribution in [1.29, 1.82) is 0 Å². The molecule has 0 atom stereocenters. The fourth-order valence-corrected chi connectivity index (χ4v) is 4.07. The van der Waals surface area contributed by atoms with E-state index in [1.807, 2.05) is 0 Å². The van der Waals surface area contributed by atoms with Crippen molar-refractivity contribution in [2.45, 2.75) is 0 Å². The molecule has 0 aromatic heterocycles. The summed E-state index contributed by atoms with van der Waals surface area (Å²) in [5, 5.41) is 0. The van der Waals surface area contributed by atoms with Crippen molar-refractivity contribution in [3.05, 3.63) is 96.1 Å². The van der Waals surface area contributed by atoms with E-state index < -0.39 is 34.0 Å². The van der Waals surface area contributed by atoms with Crippen LogP contribution in [0.25, 0.3) is 0 Å². The Morgan fingerprint density at radius 2 is 0.857 bits per heavy atom. The Hall–Kier alpha value is -5.34. The zero-order valence-corrected chi connectivity index (χ0v) is 26.7. The van der Waals surface area contributed by atoms with Crippen molar-refractivity contribution in [2.75, 3.05) is 26.4 Å². The Kier molecular flexibility index (Phi) is 12.8. The molecule has 0 aliphatic rings. The molecule has 0 spiro atoms. The lowest BCUT2D eigenvalue weighted by molar-refractivity contribution is -0.211. The predicted molar refractivity (Wildman–Crippen MR) is 170 cm³/mol. The first-order valence-corrected chi connectivity index (χ1v) is 16.4. The topological polar surface area (TPSA) is 192 Å². The summed E-state index contributed by atoms with van der Waals surface area (Å²) in [5.41, 5.74) is 1.29. The van der Waals surface area contributed by atoms with Gasteiger partial charge in [0.2, 0.25) is 0 Å². The van der Waals surface area contributed by atoms with Gasteiger partial charge in [0, 0.05) is 23.3 Å². The first-order valence-electron chi connectivity index (χ1n) is 13.7. The lowest BCUT2D eigenvalue weighted by atomic mass is 10.2. The molecule has 0 fully saturated rings. The van der Waals surface area contributed by atoms with Crippen LogP contribution in [0.1, 0.15) is 11.1 Å². The van der Waals surface area contributed by atoms with Gasteiger partial charge < -0.3 is 23.7 Å². The first kappa shape index (κ1) is 36.5. The quantitative estimate of drug-likeness (QED) is 0.0444. The molecular weight excluding hydrogens is 688 g/mol. The molecule has 4 aromatic rings. The van der Waals surface area contributed by atoms with Gasteiger partial charge in [-0.3, -0.25) is 9.11 Å². The second-order valence-electron chi connectivity index (χ2n) is 9.19. The summed E-state index contributed by atoms with van der Waals surface area (Å²) in [6.07, 6.45) is 10.8. The summed E-state index contributed by atoms with van der Waals surface area (Å²) in [7, 11) is -9.64. The van der Waals surface area contributed by atoms with Crippen molar-refractivity contribution in [1.82, 2.24) is 0 Å². The Bertz CT molecular complexity index is 1870. The number of hydrogen-bond acceptors (Lipinski definition) is 13. The highest BCUT2D eigenvalue weighted by molar-refractivity contribution is 7.81. The van der Waals surface area contributed by atoms with Crippen LogP contribution in [0.15, 0.2) is 84.9 Å². The summed E-state index contributed by atoms with van der Waals surface area (Å²) < 4.78 is 97.2. The van der Waals surface area contributed by atoms with Gasteiger partial charge in [0.1, 0.15) is 49.4 Å². The summed E-state index contributed by atoms with van der Waals surface area (Å²) in [5.74, 6) is 7.18. The van der Waals surface area contributed by atoms with E-state index in [-0.39, 0.29) is 47.7 Å². The van der Waals surface area contributed by atoms with E-state index in [1.54, 1.807) is 72.8 Å². The molecule has 17 heteroatoms. The minimum absolute atomic E-state index is 0.150. The molecule has 4 rings (SSSR count). The van der Waals surface area contributed by atoms with Crippen molar-refractivity contribution >= 4 is 20.8 Å². The largest absolute Gasteiger partial charge is 0.487 e. The van der Waals surface area contributed by atoms with E-state index in [1.165, 1.54) is 12.1 Å². The van der Waals surface area contributed by atoms with E-state index in [4.69, 9.17) is 45.6 Å². The fourth-order valence-electron chi connectivity index (χ4n) is 3.69. The van der Waals surface area contributed by atoms with E-state index in [0.29, 0.717) is 22.6 Å². The van der Waals surface area contributed by atoms with E-state index >= 15 is 0 Å². The molecule has 0 radical (unpaired) electrons. The number of hydrogen-bond donors (Lipinski definition) is 2. The van der Waals surface area contributed by atoms with Crippen LogP contribution in [0, 0.1) is 24.7 Å². The Morgan fingerprint density at radius 1 is 0.490 bits per heavy atom. The second kappa shape index (κ2) is 17.2. The van der Waals surface area contributed by atoms with Gasteiger partial charge in [0.05, 0.1) is 0 Å². The number of benzene rings is 4. The number of rotatable bonds is 18. The third-order valence-electron chi connectivity index (χ3n) is 5.68. The molecule has 0 unspecified atom stereocenters. The maximum absolute atomic E-state index is 10.7. The molecule has 0 aliphatic carbocycles. The molecule has 0 heterocycles. The minimum Gasteiger partial charge on any atom is -0.487 e. The van der Waals surface area contributed by atoms with Crippen LogP contribution in [-0.2, 0) is 39.2 Å². The van der Waals surface area contributed by atoms with Crippen LogP contribution < -0.4 is 23.7 Å². The second-order valence-corrected chi connectivity index (χ2v) is 11.2. The standard InChI is InChI=1S/C32H26O15S2/c1-3-23-5-9-25(10-6-23)44-29-15-13-27(21-31(29)39-17-19-41-46-48(33,34)35)43-28-14-16-30(45-26-11-7-24(4-2)8-12-26)32(22-28)40-18-20-42-47-49(36,37)38/h1-2,5-16,21-22H,17-20H2,(H,33,34,35)(H,36,37,38). The van der Waals surface area contributed by atoms with E-state index in [9.17, 15) is 16.8 Å². The van der Waals surface area contributed by atoms with Crippen LogP contribution >= 0.6 is 0 Å². The van der Waals surface area contributed by atoms with E-state index in [2.05, 4.69) is 30.3 Å². The monoisotopic (exact) mass is 714 g/mol. The molecule has 256 valence electrons. The van der Waals surface area contributed by atoms with Crippen molar-refractivity contribution < 1.29 is 68.1 Å². The highest BCUT2D eigenvalue weighted by Gasteiger charge is 2.14. The Morgan fingerprint density at radius 3 is 1.20 bits per heavy atom. The maximum atomic E-state index is 10.7. The van der Waals surface area contributed by atoms with Crippen LogP contribution in [0.5, 0.6) is 46.0 Å². The average Bonchev–Trinajstić information content (AvgIpc) is 3.06. The molecule has 0 saturated carbocycles. The van der Waals surface area contributed by atoms with E-state index in [0.717, 1.165) is 0 Å². The molecule has 0 saturated heterocycles. The van der Waals surface area contributed by atoms with Gasteiger partial charge in [0.15, 0.2) is 23.0 Å². The van der Waals surface area contributed by atoms with Gasteiger partial charge in [-0.2, -0.15) is 16.8 Å². The molecule has 0 aliphatic heterocycles. The zero-order chi connectivity index (χ0) is 35.3. The SMILES string of the molecule is C#Cc1ccc(Oc2ccc(Oc3ccc(Oc4ccc(C#C)cc4)c(OCCOOS(=O)(=O)O)c3)cc2OCCOOS(=O)(=O)O)cc1. The van der Waals surface area contributed by atoms with Crippen molar-refractivity contribution in [3.63, 3.8) is 0 Å². The number of terminal acetylenes is 2. The molecule has 4 aromatic carbocycles. The number of ether oxygens (including phenoxy) is 5. The molecule has 49 heavy (non-hydrogen) atoms. The van der Waals surface area contributed by atoms with Gasteiger partial charge in [-0.15, -0.1) is 12.8 Å². The van der Waals surface area contributed by atoms with Crippen LogP contribution in [0.4, 0.5) is 0 Å². The Balaban J connectivity index is 1.54. The molecule has 0 bridgehead atoms. The smallest absolute Gasteiger partial charge is 0.424 e. The molecule has 0 amide bonds. The molecule has 15 nitrogen and oxygen atoms in total. The average molecular weight is 715 g/mol.